The van der Waals surface area contributed by atoms with Crippen LogP contribution in [0.3, 0.4) is 0 Å². The third kappa shape index (κ3) is 3.15. The van der Waals surface area contributed by atoms with Crippen molar-refractivity contribution >= 4 is 27.7 Å². The molecular formula is C21H21BrO3. The van der Waals surface area contributed by atoms with Crippen molar-refractivity contribution in [2.75, 3.05) is 0 Å². The lowest BCUT2D eigenvalue weighted by molar-refractivity contribution is -0.188. The Morgan fingerprint density at radius 1 is 0.960 bits per heavy atom. The minimum atomic E-state index is -1.18. The quantitative estimate of drug-likeness (QED) is 0.543. The molecule has 3 nitrogen and oxygen atoms in total. The maximum atomic E-state index is 13.3. The van der Waals surface area contributed by atoms with E-state index in [4.69, 9.17) is 4.74 Å². The SMILES string of the molecule is CC1(C)C(=O)[C@@](C)(Cc2ccc(Br)cc2)C(=O)O[C@H]1c1ccccc1. The second kappa shape index (κ2) is 6.41. The molecule has 0 spiro atoms. The molecule has 0 amide bonds. The van der Waals surface area contributed by atoms with Gasteiger partial charge in [0.2, 0.25) is 0 Å². The summed E-state index contributed by atoms with van der Waals surface area (Å²) in [6.45, 7) is 5.42. The van der Waals surface area contributed by atoms with Crippen LogP contribution in [0.2, 0.25) is 0 Å². The van der Waals surface area contributed by atoms with Crippen molar-refractivity contribution in [3.63, 3.8) is 0 Å². The molecule has 0 saturated carbocycles. The van der Waals surface area contributed by atoms with Crippen molar-refractivity contribution in [2.24, 2.45) is 10.8 Å². The predicted molar refractivity (Wildman–Crippen MR) is 100 cm³/mol. The van der Waals surface area contributed by atoms with Crippen LogP contribution >= 0.6 is 15.9 Å². The van der Waals surface area contributed by atoms with Crippen molar-refractivity contribution in [3.05, 3.63) is 70.2 Å². The zero-order valence-electron chi connectivity index (χ0n) is 14.6. The molecule has 0 aromatic heterocycles. The second-order valence-corrected chi connectivity index (χ2v) is 8.30. The fourth-order valence-corrected chi connectivity index (χ4v) is 3.85. The van der Waals surface area contributed by atoms with Gasteiger partial charge >= 0.3 is 5.97 Å². The number of Topliss-reactive ketones (excluding diaryl/α,β-unsaturated/α-hetero) is 1. The van der Waals surface area contributed by atoms with Crippen molar-refractivity contribution in [2.45, 2.75) is 33.3 Å². The summed E-state index contributed by atoms with van der Waals surface area (Å²) in [6, 6.07) is 17.1. The highest BCUT2D eigenvalue weighted by atomic mass is 79.9. The summed E-state index contributed by atoms with van der Waals surface area (Å²) in [6.07, 6.45) is -0.227. The largest absolute Gasteiger partial charge is 0.456 e. The molecule has 2 atom stereocenters. The monoisotopic (exact) mass is 400 g/mol. The summed E-state index contributed by atoms with van der Waals surface area (Å²) in [5.74, 6) is -0.526. The number of cyclic esters (lactones) is 1. The van der Waals surface area contributed by atoms with Crippen LogP contribution in [0.4, 0.5) is 0 Å². The Kier molecular flexibility index (Phi) is 4.58. The summed E-state index contributed by atoms with van der Waals surface area (Å²) in [5.41, 5.74) is -0.188. The maximum Gasteiger partial charge on any atom is 0.320 e. The van der Waals surface area contributed by atoms with E-state index < -0.39 is 22.9 Å². The summed E-state index contributed by atoms with van der Waals surface area (Å²) in [4.78, 5) is 26.1. The van der Waals surface area contributed by atoms with Gasteiger partial charge in [-0.3, -0.25) is 9.59 Å². The Labute approximate surface area is 156 Å². The normalized spacial score (nSPS) is 25.5. The van der Waals surface area contributed by atoms with Crippen molar-refractivity contribution < 1.29 is 14.3 Å². The van der Waals surface area contributed by atoms with Gasteiger partial charge in [-0.25, -0.2) is 0 Å². The standard InChI is InChI=1S/C21H21BrO3/c1-20(2)17(15-7-5-4-6-8-15)25-19(24)21(3,18(20)23)13-14-9-11-16(22)12-10-14/h4-12,17H,13H2,1-3H3/t17-,21+/m0/s1. The first-order valence-electron chi connectivity index (χ1n) is 8.30. The molecule has 1 aliphatic rings. The van der Waals surface area contributed by atoms with E-state index in [1.807, 2.05) is 68.4 Å². The molecule has 0 aliphatic carbocycles. The predicted octanol–water partition coefficient (Wildman–Crippen LogP) is 4.89. The molecule has 1 fully saturated rings. The van der Waals surface area contributed by atoms with Crippen molar-refractivity contribution in [1.29, 1.82) is 0 Å². The van der Waals surface area contributed by atoms with E-state index in [2.05, 4.69) is 15.9 Å². The zero-order valence-corrected chi connectivity index (χ0v) is 16.2. The Balaban J connectivity index is 1.94. The topological polar surface area (TPSA) is 43.4 Å². The summed E-state index contributed by atoms with van der Waals surface area (Å²) in [7, 11) is 0. The molecule has 0 radical (unpaired) electrons. The van der Waals surface area contributed by atoms with Gasteiger partial charge in [0, 0.05) is 4.47 Å². The van der Waals surface area contributed by atoms with Gasteiger partial charge in [-0.15, -0.1) is 0 Å². The Morgan fingerprint density at radius 3 is 2.16 bits per heavy atom. The number of carbonyl (C=O) groups excluding carboxylic acids is 2. The van der Waals surface area contributed by atoms with E-state index in [1.165, 1.54) is 0 Å². The van der Waals surface area contributed by atoms with Crippen LogP contribution in [0.5, 0.6) is 0 Å². The fraction of sp³-hybridized carbons (Fsp3) is 0.333. The number of rotatable bonds is 3. The molecule has 0 bridgehead atoms. The maximum absolute atomic E-state index is 13.3. The molecule has 1 heterocycles. The number of esters is 1. The van der Waals surface area contributed by atoms with Gasteiger partial charge in [0.15, 0.2) is 5.78 Å². The van der Waals surface area contributed by atoms with Gasteiger partial charge in [0.1, 0.15) is 11.5 Å². The van der Waals surface area contributed by atoms with Crippen LogP contribution in [0.1, 0.15) is 38.0 Å². The molecule has 1 saturated heterocycles. The van der Waals surface area contributed by atoms with Crippen molar-refractivity contribution in [3.8, 4) is 0 Å². The van der Waals surface area contributed by atoms with Gasteiger partial charge in [-0.2, -0.15) is 0 Å². The fourth-order valence-electron chi connectivity index (χ4n) is 3.58. The highest BCUT2D eigenvalue weighted by molar-refractivity contribution is 9.10. The average molecular weight is 401 g/mol. The van der Waals surface area contributed by atoms with E-state index in [0.717, 1.165) is 15.6 Å². The van der Waals surface area contributed by atoms with E-state index >= 15 is 0 Å². The third-order valence-electron chi connectivity index (χ3n) is 4.99. The molecule has 0 N–H and O–H groups in total. The number of ketones is 1. The second-order valence-electron chi connectivity index (χ2n) is 7.38. The lowest BCUT2D eigenvalue weighted by Crippen LogP contribution is -2.54. The van der Waals surface area contributed by atoms with Gasteiger partial charge < -0.3 is 4.74 Å². The van der Waals surface area contributed by atoms with Gasteiger partial charge in [-0.05, 0) is 50.5 Å². The first-order valence-corrected chi connectivity index (χ1v) is 9.10. The molecular weight excluding hydrogens is 380 g/mol. The van der Waals surface area contributed by atoms with Crippen molar-refractivity contribution in [1.82, 2.24) is 0 Å². The minimum absolute atomic E-state index is 0.0759. The van der Waals surface area contributed by atoms with E-state index in [-0.39, 0.29) is 5.78 Å². The van der Waals surface area contributed by atoms with Gasteiger partial charge in [0.25, 0.3) is 0 Å². The number of hydrogen-bond acceptors (Lipinski definition) is 3. The van der Waals surface area contributed by atoms with E-state index in [0.29, 0.717) is 6.42 Å². The smallest absolute Gasteiger partial charge is 0.320 e. The first-order chi connectivity index (χ1) is 11.7. The van der Waals surface area contributed by atoms with Crippen LogP contribution in [0.15, 0.2) is 59.1 Å². The Hall–Kier alpha value is -1.94. The average Bonchev–Trinajstić information content (AvgIpc) is 2.60. The number of ether oxygens (including phenoxy) is 1. The van der Waals surface area contributed by atoms with Gasteiger partial charge in [-0.1, -0.05) is 58.4 Å². The third-order valence-corrected chi connectivity index (χ3v) is 5.52. The Morgan fingerprint density at radius 2 is 1.56 bits per heavy atom. The van der Waals surface area contributed by atoms with Crippen LogP contribution in [-0.2, 0) is 20.7 Å². The molecule has 2 aromatic rings. The summed E-state index contributed by atoms with van der Waals surface area (Å²) >= 11 is 3.40. The number of carbonyl (C=O) groups is 2. The molecule has 2 aromatic carbocycles. The molecule has 3 rings (SSSR count). The molecule has 0 unspecified atom stereocenters. The van der Waals surface area contributed by atoms with E-state index in [9.17, 15) is 9.59 Å². The minimum Gasteiger partial charge on any atom is -0.456 e. The molecule has 25 heavy (non-hydrogen) atoms. The van der Waals surface area contributed by atoms with Crippen LogP contribution < -0.4 is 0 Å². The summed E-state index contributed by atoms with van der Waals surface area (Å²) in [5, 5.41) is 0. The molecule has 4 heteroatoms. The number of halogens is 1. The lowest BCUT2D eigenvalue weighted by Gasteiger charge is -2.44. The summed E-state index contributed by atoms with van der Waals surface area (Å²) < 4.78 is 6.76. The van der Waals surface area contributed by atoms with Crippen LogP contribution in [-0.4, -0.2) is 11.8 Å². The number of hydrogen-bond donors (Lipinski definition) is 0. The van der Waals surface area contributed by atoms with Crippen LogP contribution in [0.25, 0.3) is 0 Å². The van der Waals surface area contributed by atoms with Gasteiger partial charge in [0.05, 0.1) is 5.41 Å². The van der Waals surface area contributed by atoms with Crippen LogP contribution in [0, 0.1) is 10.8 Å². The highest BCUT2D eigenvalue weighted by Gasteiger charge is 2.57. The molecule has 1 aliphatic heterocycles. The molecule has 130 valence electrons. The Bertz CT molecular complexity index is 796. The highest BCUT2D eigenvalue weighted by Crippen LogP contribution is 2.48. The zero-order chi connectivity index (χ0) is 18.2. The lowest BCUT2D eigenvalue weighted by atomic mass is 9.64. The first kappa shape index (κ1) is 17.9. The number of benzene rings is 2. The van der Waals surface area contributed by atoms with E-state index in [1.54, 1.807) is 6.92 Å².